The minimum Gasteiger partial charge on any atom is -0.305 e. The van der Waals surface area contributed by atoms with Crippen LogP contribution in [0.3, 0.4) is 0 Å². The molecule has 4 heterocycles. The third kappa shape index (κ3) is 6.09. The first kappa shape index (κ1) is 39.4. The zero-order chi connectivity index (χ0) is 44.9. The number of rotatable bonds is 6. The van der Waals surface area contributed by atoms with Gasteiger partial charge in [0.1, 0.15) is 22.1 Å². The van der Waals surface area contributed by atoms with Crippen LogP contribution < -0.4 is 9.80 Å². The van der Waals surface area contributed by atoms with Gasteiger partial charge in [0.05, 0.1) is 56.2 Å². The van der Waals surface area contributed by atoms with E-state index >= 15 is 0 Å². The molecule has 10 heteroatoms. The Labute approximate surface area is 381 Å². The molecule has 0 aliphatic carbocycles. The van der Waals surface area contributed by atoms with Gasteiger partial charge in [-0.3, -0.25) is 39.9 Å². The van der Waals surface area contributed by atoms with E-state index in [0.717, 1.165) is 89.0 Å². The summed E-state index contributed by atoms with van der Waals surface area (Å²) in [7, 11) is 0. The van der Waals surface area contributed by atoms with Crippen LogP contribution in [0.15, 0.2) is 159 Å². The molecule has 0 spiro atoms. The number of nitrogens with zero attached hydrogens (tertiary/aromatic N) is 10. The molecule has 318 valence electrons. The van der Waals surface area contributed by atoms with Crippen molar-refractivity contribution in [2.45, 2.75) is 52.4 Å². The molecule has 0 radical (unpaired) electrons. The Hall–Kier alpha value is -8.24. The van der Waals surface area contributed by atoms with Crippen LogP contribution in [0.2, 0.25) is 0 Å². The summed E-state index contributed by atoms with van der Waals surface area (Å²) in [6, 6.07) is 38.9. The normalized spacial score (nSPS) is 12.4. The second-order valence-electron chi connectivity index (χ2n) is 18.9. The molecule has 0 aliphatic heterocycles. The molecule has 0 bridgehead atoms. The van der Waals surface area contributed by atoms with Crippen LogP contribution in [0.5, 0.6) is 0 Å². The van der Waals surface area contributed by atoms with Crippen molar-refractivity contribution < 1.29 is 0 Å². The lowest BCUT2D eigenvalue weighted by Gasteiger charge is -2.34. The second kappa shape index (κ2) is 14.6. The van der Waals surface area contributed by atoms with Gasteiger partial charge >= 0.3 is 0 Å². The summed E-state index contributed by atoms with van der Waals surface area (Å²) in [5.74, 6) is 0. The molecule has 4 aromatic heterocycles. The maximum atomic E-state index is 4.97. The molecule has 0 saturated heterocycles. The zero-order valence-electron chi connectivity index (χ0n) is 37.5. The highest BCUT2D eigenvalue weighted by atomic mass is 15.2. The SMILES string of the molecule is CC(C)(C)c1cc(N(c2cccc3nccnc23)c2cccc3nccnc23)c2ccc3c(C(C)(C)C)cc(N(c4cccc5nccnc45)c4cccc5nccnc45)c4ccc1c2c43. The number of fused-ring (bicyclic) bond motifs is 4. The fraction of sp³-hybridized carbons (Fsp3) is 0.143. The maximum absolute atomic E-state index is 4.97. The van der Waals surface area contributed by atoms with E-state index in [1.165, 1.54) is 32.7 Å². The van der Waals surface area contributed by atoms with Crippen LogP contribution in [0.25, 0.3) is 76.5 Å². The number of hydrogen-bond donors (Lipinski definition) is 0. The maximum Gasteiger partial charge on any atom is 0.113 e. The summed E-state index contributed by atoms with van der Waals surface area (Å²) in [6.45, 7) is 13.8. The fourth-order valence-electron chi connectivity index (χ4n) is 9.98. The van der Waals surface area contributed by atoms with Crippen LogP contribution in [-0.4, -0.2) is 39.9 Å². The Kier molecular flexibility index (Phi) is 8.74. The quantitative estimate of drug-likeness (QED) is 0.150. The van der Waals surface area contributed by atoms with Gasteiger partial charge in [0.25, 0.3) is 0 Å². The fourth-order valence-corrected chi connectivity index (χ4v) is 9.98. The zero-order valence-corrected chi connectivity index (χ0v) is 37.5. The number of anilines is 6. The minimum absolute atomic E-state index is 0.259. The summed E-state index contributed by atoms with van der Waals surface area (Å²) in [5.41, 5.74) is 13.9. The van der Waals surface area contributed by atoms with Crippen LogP contribution in [-0.2, 0) is 10.8 Å². The molecule has 0 fully saturated rings. The van der Waals surface area contributed by atoms with Crippen molar-refractivity contribution in [2.75, 3.05) is 9.80 Å². The Morgan fingerprint density at radius 3 is 0.864 bits per heavy atom. The van der Waals surface area contributed by atoms with E-state index < -0.39 is 0 Å². The van der Waals surface area contributed by atoms with E-state index in [0.29, 0.717) is 0 Å². The molecule has 12 rings (SSSR count). The first-order valence-electron chi connectivity index (χ1n) is 22.2. The van der Waals surface area contributed by atoms with Crippen LogP contribution >= 0.6 is 0 Å². The number of aromatic nitrogens is 8. The largest absolute Gasteiger partial charge is 0.305 e. The third-order valence-corrected chi connectivity index (χ3v) is 12.8. The van der Waals surface area contributed by atoms with E-state index in [2.05, 4.69) is 136 Å². The van der Waals surface area contributed by atoms with E-state index in [9.17, 15) is 0 Å². The van der Waals surface area contributed by atoms with Gasteiger partial charge in [0.15, 0.2) is 0 Å². The van der Waals surface area contributed by atoms with Crippen LogP contribution in [0, 0.1) is 0 Å². The summed E-state index contributed by atoms with van der Waals surface area (Å²) in [4.78, 5) is 43.6. The highest BCUT2D eigenvalue weighted by Crippen LogP contribution is 2.53. The van der Waals surface area contributed by atoms with Crippen LogP contribution in [0.1, 0.15) is 52.7 Å². The molecule has 0 N–H and O–H groups in total. The molecular formula is C56H44N10. The van der Waals surface area contributed by atoms with Gasteiger partial charge in [-0.05, 0) is 104 Å². The molecule has 0 atom stereocenters. The van der Waals surface area contributed by atoms with Crippen molar-refractivity contribution in [3.63, 3.8) is 0 Å². The molecule has 0 aliphatic rings. The van der Waals surface area contributed by atoms with Gasteiger partial charge in [0.2, 0.25) is 0 Å². The predicted octanol–water partition coefficient (Wildman–Crippen LogP) is 13.9. The first-order valence-corrected chi connectivity index (χ1v) is 22.2. The molecule has 0 amide bonds. The lowest BCUT2D eigenvalue weighted by molar-refractivity contribution is 0.595. The molecule has 12 aromatic rings. The Morgan fingerprint density at radius 1 is 0.303 bits per heavy atom. The predicted molar refractivity (Wildman–Crippen MR) is 269 cm³/mol. The highest BCUT2D eigenvalue weighted by Gasteiger charge is 2.31. The van der Waals surface area contributed by atoms with Gasteiger partial charge in [-0.1, -0.05) is 90.1 Å². The average Bonchev–Trinajstić information content (AvgIpc) is 3.33. The molecule has 66 heavy (non-hydrogen) atoms. The molecule has 10 nitrogen and oxygen atoms in total. The van der Waals surface area contributed by atoms with Crippen molar-refractivity contribution in [3.8, 4) is 0 Å². The highest BCUT2D eigenvalue weighted by molar-refractivity contribution is 6.30. The van der Waals surface area contributed by atoms with Crippen molar-refractivity contribution in [2.24, 2.45) is 0 Å². The lowest BCUT2D eigenvalue weighted by atomic mass is 9.77. The van der Waals surface area contributed by atoms with Gasteiger partial charge < -0.3 is 9.80 Å². The number of benzene rings is 8. The average molecular weight is 857 g/mol. The number of hydrogen-bond acceptors (Lipinski definition) is 10. The topological polar surface area (TPSA) is 110 Å². The van der Waals surface area contributed by atoms with Gasteiger partial charge in [0, 0.05) is 60.3 Å². The van der Waals surface area contributed by atoms with Crippen LogP contribution in [0.4, 0.5) is 34.1 Å². The lowest BCUT2D eigenvalue weighted by Crippen LogP contribution is -2.18. The Balaban J connectivity index is 1.27. The van der Waals surface area contributed by atoms with Crippen molar-refractivity contribution in [1.82, 2.24) is 39.9 Å². The summed E-state index contributed by atoms with van der Waals surface area (Å²) < 4.78 is 0. The van der Waals surface area contributed by atoms with Gasteiger partial charge in [-0.25, -0.2) is 0 Å². The van der Waals surface area contributed by atoms with Crippen molar-refractivity contribution in [3.05, 3.63) is 170 Å². The summed E-state index contributed by atoms with van der Waals surface area (Å²) in [6.07, 6.45) is 14.1. The molecule has 8 aromatic carbocycles. The second-order valence-corrected chi connectivity index (χ2v) is 18.9. The Bertz CT molecular complexity index is 3460. The summed E-state index contributed by atoms with van der Waals surface area (Å²) in [5, 5.41) is 6.94. The summed E-state index contributed by atoms with van der Waals surface area (Å²) >= 11 is 0. The van der Waals surface area contributed by atoms with Gasteiger partial charge in [-0.15, -0.1) is 0 Å². The van der Waals surface area contributed by atoms with E-state index in [1.54, 1.807) is 49.6 Å². The standard InChI is InChI=1S/C56H44N10/c1-55(2,3)37-31-47(65(43-15-7-11-39-51(43)61-27-23-57-39)44-16-8-12-40-52(44)62-28-24-58-40)35-22-20-34-38(56(4,5)6)32-48(36-21-19-33(37)49(35)50(34)36)66(45-17-9-13-41-53(45)63-29-25-59-41)46-18-10-14-42-54(46)64-30-26-60-42/h7-32H,1-6H3. The molecular weight excluding hydrogens is 813 g/mol. The monoisotopic (exact) mass is 856 g/mol. The van der Waals surface area contributed by atoms with Crippen molar-refractivity contribution in [1.29, 1.82) is 0 Å². The van der Waals surface area contributed by atoms with Gasteiger partial charge in [-0.2, -0.15) is 0 Å². The van der Waals surface area contributed by atoms with E-state index in [1.807, 2.05) is 24.3 Å². The molecule has 0 unspecified atom stereocenters. The smallest absolute Gasteiger partial charge is 0.113 e. The first-order chi connectivity index (χ1) is 32.0. The van der Waals surface area contributed by atoms with Crippen molar-refractivity contribution >= 4 is 111 Å². The number of para-hydroxylation sites is 4. The Morgan fingerprint density at radius 2 is 0.576 bits per heavy atom. The molecule has 0 saturated carbocycles. The van der Waals surface area contributed by atoms with E-state index in [4.69, 9.17) is 39.9 Å². The minimum atomic E-state index is -0.259. The third-order valence-electron chi connectivity index (χ3n) is 12.8. The van der Waals surface area contributed by atoms with E-state index in [-0.39, 0.29) is 10.8 Å².